The number of hydrogen-bond donors (Lipinski definition) is 1. The van der Waals surface area contributed by atoms with Crippen molar-refractivity contribution in [2.45, 2.75) is 13.8 Å². The van der Waals surface area contributed by atoms with Crippen LogP contribution in [0.2, 0.25) is 0 Å². The molecule has 1 N–H and O–H groups in total. The molecule has 0 unspecified atom stereocenters. The molecule has 0 saturated heterocycles. The van der Waals surface area contributed by atoms with Crippen molar-refractivity contribution >= 4 is 23.5 Å². The topological polar surface area (TPSA) is 50.7 Å². The van der Waals surface area contributed by atoms with Crippen LogP contribution in [0.1, 0.15) is 18.1 Å². The average molecular weight is 282 g/mol. The lowest BCUT2D eigenvalue weighted by molar-refractivity contribution is -0.114. The Hall–Kier alpha value is -2.62. The van der Waals surface area contributed by atoms with E-state index in [0.29, 0.717) is 0 Å². The van der Waals surface area contributed by atoms with Crippen molar-refractivity contribution in [1.29, 1.82) is 0 Å². The van der Waals surface area contributed by atoms with E-state index in [1.807, 2.05) is 55.6 Å². The number of carbonyl (C=O) groups is 1. The normalized spacial score (nSPS) is 10.6. The molecule has 0 saturated carbocycles. The molecule has 21 heavy (non-hydrogen) atoms. The van der Waals surface area contributed by atoms with E-state index < -0.39 is 0 Å². The maximum absolute atomic E-state index is 11.0. The summed E-state index contributed by atoms with van der Waals surface area (Å²) in [5, 5.41) is 2.72. The van der Waals surface area contributed by atoms with Gasteiger partial charge in [-0.05, 0) is 48.4 Å². The van der Waals surface area contributed by atoms with E-state index in [-0.39, 0.29) is 5.91 Å². The first kappa shape index (κ1) is 14.8. The molecule has 2 aromatic rings. The number of rotatable bonds is 4. The minimum atomic E-state index is -0.0849. The summed E-state index contributed by atoms with van der Waals surface area (Å²) in [5.41, 5.74) is 3.66. The van der Waals surface area contributed by atoms with Gasteiger partial charge in [-0.15, -0.1) is 0 Å². The molecule has 0 heterocycles. The van der Waals surface area contributed by atoms with E-state index in [9.17, 15) is 4.79 Å². The molecule has 108 valence electrons. The second kappa shape index (κ2) is 6.70. The van der Waals surface area contributed by atoms with Crippen LogP contribution in [0.15, 0.2) is 47.5 Å². The Morgan fingerprint density at radius 2 is 1.90 bits per heavy atom. The summed E-state index contributed by atoms with van der Waals surface area (Å²) in [6.07, 6.45) is 1.81. The summed E-state index contributed by atoms with van der Waals surface area (Å²) in [7, 11) is 1.66. The number of amides is 1. The fourth-order valence-corrected chi connectivity index (χ4v) is 1.97. The Bertz CT molecular complexity index is 661. The van der Waals surface area contributed by atoms with Gasteiger partial charge < -0.3 is 10.1 Å². The molecule has 0 fully saturated rings. The maximum Gasteiger partial charge on any atom is 0.221 e. The molecule has 2 aromatic carbocycles. The summed E-state index contributed by atoms with van der Waals surface area (Å²) in [5.74, 6) is 0.762. The third kappa shape index (κ3) is 3.92. The third-order valence-electron chi connectivity index (χ3n) is 3.09. The second-order valence-corrected chi connectivity index (χ2v) is 4.66. The van der Waals surface area contributed by atoms with E-state index in [4.69, 9.17) is 4.74 Å². The van der Waals surface area contributed by atoms with Crippen LogP contribution in [0.4, 0.5) is 11.4 Å². The Kier molecular flexibility index (Phi) is 4.72. The smallest absolute Gasteiger partial charge is 0.221 e. The van der Waals surface area contributed by atoms with Crippen LogP contribution in [0.3, 0.4) is 0 Å². The lowest BCUT2D eigenvalue weighted by Gasteiger charge is -2.06. The van der Waals surface area contributed by atoms with Crippen LogP contribution in [0.25, 0.3) is 0 Å². The van der Waals surface area contributed by atoms with Gasteiger partial charge in [0.15, 0.2) is 0 Å². The van der Waals surface area contributed by atoms with Crippen molar-refractivity contribution in [1.82, 2.24) is 0 Å². The van der Waals surface area contributed by atoms with E-state index in [0.717, 1.165) is 28.3 Å². The molecule has 0 radical (unpaired) electrons. The van der Waals surface area contributed by atoms with Gasteiger partial charge in [-0.1, -0.05) is 12.1 Å². The SMILES string of the molecule is COc1cccc(C=Nc2ccc(NC(C)=O)cc2)c1C. The molecular formula is C17H18N2O2. The van der Waals surface area contributed by atoms with Gasteiger partial charge >= 0.3 is 0 Å². The first-order chi connectivity index (χ1) is 10.1. The molecule has 4 heteroatoms. The fraction of sp³-hybridized carbons (Fsp3) is 0.176. The first-order valence-electron chi connectivity index (χ1n) is 6.65. The lowest BCUT2D eigenvalue weighted by atomic mass is 10.1. The van der Waals surface area contributed by atoms with Gasteiger partial charge in [0.2, 0.25) is 5.91 Å². The summed E-state index contributed by atoms with van der Waals surface area (Å²) in [6, 6.07) is 13.2. The van der Waals surface area contributed by atoms with Crippen molar-refractivity contribution < 1.29 is 9.53 Å². The van der Waals surface area contributed by atoms with Crippen LogP contribution in [-0.2, 0) is 4.79 Å². The van der Waals surface area contributed by atoms with Crippen LogP contribution in [-0.4, -0.2) is 19.2 Å². The van der Waals surface area contributed by atoms with Gasteiger partial charge in [-0.2, -0.15) is 0 Å². The predicted octanol–water partition coefficient (Wildman–Crippen LogP) is 3.71. The second-order valence-electron chi connectivity index (χ2n) is 4.66. The summed E-state index contributed by atoms with van der Waals surface area (Å²) in [4.78, 5) is 15.4. The number of carbonyl (C=O) groups excluding carboxylic acids is 1. The van der Waals surface area contributed by atoms with Crippen LogP contribution >= 0.6 is 0 Å². The van der Waals surface area contributed by atoms with Gasteiger partial charge in [0, 0.05) is 18.8 Å². The van der Waals surface area contributed by atoms with Gasteiger partial charge in [0.1, 0.15) is 5.75 Å². The lowest BCUT2D eigenvalue weighted by Crippen LogP contribution is -2.04. The number of nitrogens with one attached hydrogen (secondary N) is 1. The summed E-state index contributed by atoms with van der Waals surface area (Å²) >= 11 is 0. The van der Waals surface area contributed by atoms with Crippen LogP contribution < -0.4 is 10.1 Å². The number of hydrogen-bond acceptors (Lipinski definition) is 3. The zero-order valence-electron chi connectivity index (χ0n) is 12.4. The zero-order valence-corrected chi connectivity index (χ0v) is 12.4. The minimum Gasteiger partial charge on any atom is -0.496 e. The molecule has 0 aliphatic carbocycles. The Morgan fingerprint density at radius 3 is 2.52 bits per heavy atom. The monoisotopic (exact) mass is 282 g/mol. The van der Waals surface area contributed by atoms with Crippen molar-refractivity contribution in [2.75, 3.05) is 12.4 Å². The Labute approximate surface area is 124 Å². The Morgan fingerprint density at radius 1 is 1.19 bits per heavy atom. The van der Waals surface area contributed by atoms with E-state index >= 15 is 0 Å². The number of nitrogens with zero attached hydrogens (tertiary/aromatic N) is 1. The van der Waals surface area contributed by atoms with E-state index in [2.05, 4.69) is 10.3 Å². The van der Waals surface area contributed by atoms with Crippen molar-refractivity contribution in [3.63, 3.8) is 0 Å². The largest absolute Gasteiger partial charge is 0.496 e. The van der Waals surface area contributed by atoms with E-state index in [1.54, 1.807) is 7.11 Å². The minimum absolute atomic E-state index is 0.0849. The van der Waals surface area contributed by atoms with Crippen LogP contribution in [0, 0.1) is 6.92 Å². The van der Waals surface area contributed by atoms with Gasteiger partial charge in [0.05, 0.1) is 12.8 Å². The quantitative estimate of drug-likeness (QED) is 0.869. The standard InChI is InChI=1S/C17H18N2O2/c1-12-14(5-4-6-17(12)21-3)11-18-15-7-9-16(10-8-15)19-13(2)20/h4-11H,1-3H3,(H,19,20). The van der Waals surface area contributed by atoms with Gasteiger partial charge in [0.25, 0.3) is 0 Å². The maximum atomic E-state index is 11.0. The number of methoxy groups -OCH3 is 1. The molecule has 0 bridgehead atoms. The molecule has 1 amide bonds. The first-order valence-corrected chi connectivity index (χ1v) is 6.65. The highest BCUT2D eigenvalue weighted by atomic mass is 16.5. The molecule has 0 atom stereocenters. The fourth-order valence-electron chi connectivity index (χ4n) is 1.97. The summed E-state index contributed by atoms with van der Waals surface area (Å²) < 4.78 is 5.29. The predicted molar refractivity (Wildman–Crippen MR) is 85.7 cm³/mol. The number of anilines is 1. The highest BCUT2D eigenvalue weighted by molar-refractivity contribution is 5.89. The molecule has 4 nitrogen and oxygen atoms in total. The van der Waals surface area contributed by atoms with Crippen molar-refractivity contribution in [3.8, 4) is 5.75 Å². The Balaban J connectivity index is 2.16. The molecule has 0 aromatic heterocycles. The van der Waals surface area contributed by atoms with Crippen molar-refractivity contribution in [3.05, 3.63) is 53.6 Å². The zero-order chi connectivity index (χ0) is 15.2. The van der Waals surface area contributed by atoms with Gasteiger partial charge in [-0.3, -0.25) is 9.79 Å². The molecule has 2 rings (SSSR count). The van der Waals surface area contributed by atoms with E-state index in [1.165, 1.54) is 6.92 Å². The molecule has 0 aliphatic heterocycles. The summed E-state index contributed by atoms with van der Waals surface area (Å²) in [6.45, 7) is 3.48. The third-order valence-corrected chi connectivity index (χ3v) is 3.09. The highest BCUT2D eigenvalue weighted by Gasteiger charge is 2.01. The number of ether oxygens (including phenoxy) is 1. The van der Waals surface area contributed by atoms with Crippen LogP contribution in [0.5, 0.6) is 5.75 Å². The average Bonchev–Trinajstić information content (AvgIpc) is 2.47. The number of benzene rings is 2. The highest BCUT2D eigenvalue weighted by Crippen LogP contribution is 2.21. The number of aliphatic imine (C=N–C) groups is 1. The molecule has 0 aliphatic rings. The molecular weight excluding hydrogens is 264 g/mol. The molecule has 0 spiro atoms. The van der Waals surface area contributed by atoms with Crippen molar-refractivity contribution in [2.24, 2.45) is 4.99 Å². The van der Waals surface area contributed by atoms with Gasteiger partial charge in [-0.25, -0.2) is 0 Å².